The standard InChI is InChI=1S/C19H19ClN2O3S.ClH/c20-18-4-2-1-3-17(18)19-10-7-15(25-19)13-22-12-11-14-5-8-16(9-6-14)26(21,23)24;/h1-10,22H,11-13H2,(H2,21,23,24);1H. The zero-order chi connectivity index (χ0) is 18.6. The Morgan fingerprint density at radius 2 is 1.70 bits per heavy atom. The summed E-state index contributed by atoms with van der Waals surface area (Å²) in [5.74, 6) is 1.57. The third kappa shape index (κ3) is 5.82. The van der Waals surface area contributed by atoms with Crippen LogP contribution in [0.25, 0.3) is 11.3 Å². The molecule has 27 heavy (non-hydrogen) atoms. The van der Waals surface area contributed by atoms with E-state index < -0.39 is 10.0 Å². The van der Waals surface area contributed by atoms with Crippen LogP contribution < -0.4 is 10.5 Å². The Hall–Kier alpha value is -1.83. The van der Waals surface area contributed by atoms with Gasteiger partial charge >= 0.3 is 0 Å². The topological polar surface area (TPSA) is 85.3 Å². The molecule has 3 rings (SSSR count). The largest absolute Gasteiger partial charge is 0.460 e. The van der Waals surface area contributed by atoms with Crippen molar-refractivity contribution < 1.29 is 12.8 Å². The van der Waals surface area contributed by atoms with Gasteiger partial charge in [0.1, 0.15) is 11.5 Å². The SMILES string of the molecule is Cl.NS(=O)(=O)c1ccc(CCNCc2ccc(-c3ccccc3Cl)o2)cc1. The normalized spacial score (nSPS) is 11.2. The summed E-state index contributed by atoms with van der Waals surface area (Å²) < 4.78 is 28.3. The lowest BCUT2D eigenvalue weighted by Crippen LogP contribution is -2.16. The summed E-state index contributed by atoms with van der Waals surface area (Å²) in [7, 11) is -3.64. The average Bonchev–Trinajstić information content (AvgIpc) is 3.07. The lowest BCUT2D eigenvalue weighted by Gasteiger charge is -2.05. The van der Waals surface area contributed by atoms with E-state index in [4.69, 9.17) is 21.2 Å². The van der Waals surface area contributed by atoms with Crippen molar-refractivity contribution in [3.05, 3.63) is 77.0 Å². The van der Waals surface area contributed by atoms with Crippen molar-refractivity contribution in [2.45, 2.75) is 17.9 Å². The molecule has 1 aromatic heterocycles. The molecule has 1 heterocycles. The second-order valence-corrected chi connectivity index (χ2v) is 7.83. The van der Waals surface area contributed by atoms with Gasteiger partial charge in [-0.15, -0.1) is 12.4 Å². The molecule has 0 atom stereocenters. The maximum atomic E-state index is 11.2. The summed E-state index contributed by atoms with van der Waals surface area (Å²) in [6.07, 6.45) is 0.767. The van der Waals surface area contributed by atoms with E-state index in [1.165, 1.54) is 12.1 Å². The molecule has 2 aromatic carbocycles. The minimum atomic E-state index is -3.64. The van der Waals surface area contributed by atoms with Gasteiger partial charge < -0.3 is 9.73 Å². The van der Waals surface area contributed by atoms with E-state index in [0.717, 1.165) is 35.6 Å². The fraction of sp³-hybridized carbons (Fsp3) is 0.158. The molecule has 8 heteroatoms. The number of halogens is 2. The van der Waals surface area contributed by atoms with Gasteiger partial charge in [-0.2, -0.15) is 0 Å². The predicted molar refractivity (Wildman–Crippen MR) is 110 cm³/mol. The van der Waals surface area contributed by atoms with Crippen molar-refractivity contribution in [1.29, 1.82) is 0 Å². The van der Waals surface area contributed by atoms with Gasteiger partial charge in [0.2, 0.25) is 10.0 Å². The summed E-state index contributed by atoms with van der Waals surface area (Å²) in [6.45, 7) is 1.33. The van der Waals surface area contributed by atoms with Crippen LogP contribution in [0.5, 0.6) is 0 Å². The Bertz CT molecular complexity index is 986. The summed E-state index contributed by atoms with van der Waals surface area (Å²) in [4.78, 5) is 0.122. The lowest BCUT2D eigenvalue weighted by molar-refractivity contribution is 0.495. The Morgan fingerprint density at radius 3 is 2.37 bits per heavy atom. The van der Waals surface area contributed by atoms with Gasteiger partial charge in [-0.05, 0) is 54.9 Å². The van der Waals surface area contributed by atoms with Crippen molar-refractivity contribution in [1.82, 2.24) is 5.32 Å². The fourth-order valence-corrected chi connectivity index (χ4v) is 3.31. The maximum Gasteiger partial charge on any atom is 0.238 e. The van der Waals surface area contributed by atoms with Crippen molar-refractivity contribution in [2.24, 2.45) is 5.14 Å². The molecule has 0 saturated carbocycles. The summed E-state index contributed by atoms with van der Waals surface area (Å²) in [5.41, 5.74) is 1.90. The van der Waals surface area contributed by atoms with E-state index in [-0.39, 0.29) is 17.3 Å². The van der Waals surface area contributed by atoms with Crippen molar-refractivity contribution >= 4 is 34.0 Å². The van der Waals surface area contributed by atoms with Crippen LogP contribution in [0.2, 0.25) is 5.02 Å². The first-order chi connectivity index (χ1) is 12.4. The molecule has 3 aromatic rings. The second kappa shape index (κ2) is 9.39. The summed E-state index contributed by atoms with van der Waals surface area (Å²) in [6, 6.07) is 18.0. The number of benzene rings is 2. The number of nitrogens with one attached hydrogen (secondary N) is 1. The number of hydrogen-bond donors (Lipinski definition) is 2. The van der Waals surface area contributed by atoms with E-state index in [9.17, 15) is 8.42 Å². The summed E-state index contributed by atoms with van der Waals surface area (Å²) >= 11 is 6.18. The number of sulfonamides is 1. The highest BCUT2D eigenvalue weighted by atomic mass is 35.5. The first-order valence-electron chi connectivity index (χ1n) is 8.09. The van der Waals surface area contributed by atoms with Crippen molar-refractivity contribution in [3.63, 3.8) is 0 Å². The molecule has 0 amide bonds. The summed E-state index contributed by atoms with van der Waals surface area (Å²) in [5, 5.41) is 9.05. The average molecular weight is 427 g/mol. The smallest absolute Gasteiger partial charge is 0.238 e. The monoisotopic (exact) mass is 426 g/mol. The Morgan fingerprint density at radius 1 is 1.00 bits per heavy atom. The Labute approximate surface area is 170 Å². The van der Waals surface area contributed by atoms with Gasteiger partial charge in [-0.1, -0.05) is 35.9 Å². The van der Waals surface area contributed by atoms with E-state index in [0.29, 0.717) is 11.6 Å². The van der Waals surface area contributed by atoms with E-state index in [1.807, 2.05) is 36.4 Å². The van der Waals surface area contributed by atoms with Crippen LogP contribution in [0, 0.1) is 0 Å². The Kier molecular flexibility index (Phi) is 7.47. The molecule has 0 saturated heterocycles. The van der Waals surface area contributed by atoms with Crippen LogP contribution >= 0.6 is 24.0 Å². The van der Waals surface area contributed by atoms with Gasteiger partial charge in [0.05, 0.1) is 16.5 Å². The van der Waals surface area contributed by atoms with Gasteiger partial charge in [-0.3, -0.25) is 0 Å². The minimum Gasteiger partial charge on any atom is -0.460 e. The second-order valence-electron chi connectivity index (χ2n) is 5.86. The lowest BCUT2D eigenvalue weighted by atomic mass is 10.1. The Balaban J connectivity index is 0.00000261. The van der Waals surface area contributed by atoms with Crippen LogP contribution in [-0.2, 0) is 23.0 Å². The number of hydrogen-bond acceptors (Lipinski definition) is 4. The van der Waals surface area contributed by atoms with Crippen LogP contribution in [0.3, 0.4) is 0 Å². The molecule has 0 fully saturated rings. The molecule has 144 valence electrons. The van der Waals surface area contributed by atoms with E-state index in [1.54, 1.807) is 12.1 Å². The first-order valence-corrected chi connectivity index (χ1v) is 10.0. The zero-order valence-electron chi connectivity index (χ0n) is 14.4. The predicted octanol–water partition coefficient (Wildman–Crippen LogP) is 4.00. The molecule has 0 radical (unpaired) electrons. The third-order valence-corrected chi connectivity index (χ3v) is 5.20. The van der Waals surface area contributed by atoms with Crippen LogP contribution in [0.15, 0.2) is 70.0 Å². The van der Waals surface area contributed by atoms with Crippen LogP contribution in [-0.4, -0.2) is 15.0 Å². The molecule has 0 aliphatic rings. The van der Waals surface area contributed by atoms with Gasteiger partial charge in [0, 0.05) is 5.56 Å². The molecule has 3 N–H and O–H groups in total. The number of nitrogens with two attached hydrogens (primary N) is 1. The highest BCUT2D eigenvalue weighted by Gasteiger charge is 2.08. The van der Waals surface area contributed by atoms with Gasteiger partial charge in [-0.25, -0.2) is 13.6 Å². The van der Waals surface area contributed by atoms with Crippen LogP contribution in [0.4, 0.5) is 0 Å². The molecule has 5 nitrogen and oxygen atoms in total. The van der Waals surface area contributed by atoms with Gasteiger partial charge in [0.15, 0.2) is 0 Å². The number of primary sulfonamides is 1. The van der Waals surface area contributed by atoms with Gasteiger partial charge in [0.25, 0.3) is 0 Å². The fourth-order valence-electron chi connectivity index (χ4n) is 2.57. The minimum absolute atomic E-state index is 0. The quantitative estimate of drug-likeness (QED) is 0.558. The molecule has 0 bridgehead atoms. The molecule has 0 aliphatic heterocycles. The van der Waals surface area contributed by atoms with E-state index in [2.05, 4.69) is 5.32 Å². The third-order valence-electron chi connectivity index (χ3n) is 3.94. The van der Waals surface area contributed by atoms with Crippen molar-refractivity contribution in [3.8, 4) is 11.3 Å². The molecule has 0 unspecified atom stereocenters. The van der Waals surface area contributed by atoms with Crippen LogP contribution in [0.1, 0.15) is 11.3 Å². The molecular formula is C19H20Cl2N2O3S. The maximum absolute atomic E-state index is 11.2. The number of furan rings is 1. The number of rotatable bonds is 7. The highest BCUT2D eigenvalue weighted by molar-refractivity contribution is 7.89. The molecule has 0 spiro atoms. The van der Waals surface area contributed by atoms with Crippen molar-refractivity contribution in [2.75, 3.05) is 6.54 Å². The zero-order valence-corrected chi connectivity index (χ0v) is 16.8. The van der Waals surface area contributed by atoms with E-state index >= 15 is 0 Å². The first kappa shape index (κ1) is 21.5. The molecule has 0 aliphatic carbocycles. The highest BCUT2D eigenvalue weighted by Crippen LogP contribution is 2.28. The molecular weight excluding hydrogens is 407 g/mol.